The summed E-state index contributed by atoms with van der Waals surface area (Å²) in [4.78, 5) is 21.9. The minimum atomic E-state index is -0.541. The Morgan fingerprint density at radius 3 is 2.93 bits per heavy atom. The van der Waals surface area contributed by atoms with Crippen molar-refractivity contribution in [2.75, 3.05) is 14.2 Å². The normalized spacial score (nSPS) is 9.73. The number of aryl methyl sites for hydroxylation is 1. The van der Waals surface area contributed by atoms with Crippen molar-refractivity contribution in [2.24, 2.45) is 0 Å². The summed E-state index contributed by atoms with van der Waals surface area (Å²) in [5, 5.41) is 9.76. The molecule has 82 valence electrons. The van der Waals surface area contributed by atoms with Gasteiger partial charge in [0.2, 0.25) is 5.91 Å². The maximum atomic E-state index is 11.0. The lowest BCUT2D eigenvalue weighted by Gasteiger charge is -1.98. The van der Waals surface area contributed by atoms with Crippen LogP contribution in [0.2, 0.25) is 0 Å². The Bertz CT molecular complexity index is 361. The highest BCUT2D eigenvalue weighted by atomic mass is 16.5. The Morgan fingerprint density at radius 1 is 1.60 bits per heavy atom. The second-order valence-corrected chi connectivity index (χ2v) is 2.78. The Kier molecular flexibility index (Phi) is 3.78. The van der Waals surface area contributed by atoms with Gasteiger partial charge in [0.05, 0.1) is 19.9 Å². The van der Waals surface area contributed by atoms with Crippen molar-refractivity contribution in [2.45, 2.75) is 13.0 Å². The quantitative estimate of drug-likeness (QED) is 0.660. The van der Waals surface area contributed by atoms with Crippen molar-refractivity contribution < 1.29 is 14.3 Å². The van der Waals surface area contributed by atoms with Gasteiger partial charge in [0.1, 0.15) is 0 Å². The smallest absolute Gasteiger partial charge is 0.360 e. The van der Waals surface area contributed by atoms with Crippen LogP contribution in [0.15, 0.2) is 6.20 Å². The SMILES string of the molecule is CNC(=O)CCn1cc(C(=O)OC)nn1. The molecule has 0 unspecified atom stereocenters. The molecule has 0 atom stereocenters. The van der Waals surface area contributed by atoms with Gasteiger partial charge in [-0.15, -0.1) is 5.10 Å². The van der Waals surface area contributed by atoms with Gasteiger partial charge in [-0.05, 0) is 0 Å². The molecule has 0 aliphatic rings. The third-order valence-corrected chi connectivity index (χ3v) is 1.78. The average molecular weight is 212 g/mol. The summed E-state index contributed by atoms with van der Waals surface area (Å²) in [5.74, 6) is -0.633. The Labute approximate surface area is 86.4 Å². The first-order valence-corrected chi connectivity index (χ1v) is 4.36. The van der Waals surface area contributed by atoms with E-state index in [0.29, 0.717) is 13.0 Å². The predicted molar refractivity (Wildman–Crippen MR) is 50.0 cm³/mol. The Hall–Kier alpha value is -1.92. The highest BCUT2D eigenvalue weighted by Crippen LogP contribution is 1.96. The third kappa shape index (κ3) is 3.04. The summed E-state index contributed by atoms with van der Waals surface area (Å²) in [6.07, 6.45) is 1.73. The number of aromatic nitrogens is 3. The van der Waals surface area contributed by atoms with Crippen molar-refractivity contribution in [3.05, 3.63) is 11.9 Å². The van der Waals surface area contributed by atoms with Crippen LogP contribution in [0.3, 0.4) is 0 Å². The number of hydrogen-bond donors (Lipinski definition) is 1. The monoisotopic (exact) mass is 212 g/mol. The predicted octanol–water partition coefficient (Wildman–Crippen LogP) is -0.799. The number of ether oxygens (including phenoxy) is 1. The van der Waals surface area contributed by atoms with Crippen LogP contribution in [0.4, 0.5) is 0 Å². The Balaban J connectivity index is 2.53. The molecule has 0 aliphatic carbocycles. The van der Waals surface area contributed by atoms with Crippen LogP contribution in [-0.4, -0.2) is 41.0 Å². The number of nitrogens with zero attached hydrogens (tertiary/aromatic N) is 3. The van der Waals surface area contributed by atoms with E-state index in [-0.39, 0.29) is 11.6 Å². The molecular weight excluding hydrogens is 200 g/mol. The molecule has 0 fully saturated rings. The molecule has 1 aromatic rings. The van der Waals surface area contributed by atoms with Gasteiger partial charge in [-0.1, -0.05) is 5.21 Å². The first-order valence-electron chi connectivity index (χ1n) is 4.36. The second-order valence-electron chi connectivity index (χ2n) is 2.78. The molecule has 1 amide bonds. The van der Waals surface area contributed by atoms with Gasteiger partial charge in [0, 0.05) is 13.5 Å². The molecule has 0 saturated heterocycles. The first-order chi connectivity index (χ1) is 7.17. The van der Waals surface area contributed by atoms with Crippen LogP contribution < -0.4 is 5.32 Å². The van der Waals surface area contributed by atoms with Gasteiger partial charge < -0.3 is 10.1 Å². The number of hydrogen-bond acceptors (Lipinski definition) is 5. The van der Waals surface area contributed by atoms with E-state index < -0.39 is 5.97 Å². The van der Waals surface area contributed by atoms with Gasteiger partial charge >= 0.3 is 5.97 Å². The van der Waals surface area contributed by atoms with E-state index in [1.165, 1.54) is 18.0 Å². The van der Waals surface area contributed by atoms with Gasteiger partial charge in [0.15, 0.2) is 5.69 Å². The van der Waals surface area contributed by atoms with Crippen molar-refractivity contribution >= 4 is 11.9 Å². The van der Waals surface area contributed by atoms with Crippen LogP contribution in [0.5, 0.6) is 0 Å². The number of carbonyl (C=O) groups excluding carboxylic acids is 2. The summed E-state index contributed by atoms with van der Waals surface area (Å²) in [6, 6.07) is 0. The van der Waals surface area contributed by atoms with E-state index in [1.807, 2.05) is 0 Å². The van der Waals surface area contributed by atoms with Crippen molar-refractivity contribution in [1.82, 2.24) is 20.3 Å². The van der Waals surface area contributed by atoms with Crippen molar-refractivity contribution in [3.63, 3.8) is 0 Å². The van der Waals surface area contributed by atoms with Gasteiger partial charge in [0.25, 0.3) is 0 Å². The number of amides is 1. The van der Waals surface area contributed by atoms with Gasteiger partial charge in [-0.2, -0.15) is 0 Å². The third-order valence-electron chi connectivity index (χ3n) is 1.78. The van der Waals surface area contributed by atoms with E-state index in [1.54, 1.807) is 7.05 Å². The van der Waals surface area contributed by atoms with Crippen molar-refractivity contribution in [3.8, 4) is 0 Å². The molecule has 1 heterocycles. The summed E-state index contributed by atoms with van der Waals surface area (Å²) < 4.78 is 5.88. The number of methoxy groups -OCH3 is 1. The fraction of sp³-hybridized carbons (Fsp3) is 0.500. The molecule has 0 bridgehead atoms. The lowest BCUT2D eigenvalue weighted by atomic mass is 10.4. The molecule has 0 spiro atoms. The zero-order valence-corrected chi connectivity index (χ0v) is 8.56. The van der Waals surface area contributed by atoms with E-state index in [0.717, 1.165) is 0 Å². The van der Waals surface area contributed by atoms with Crippen LogP contribution >= 0.6 is 0 Å². The van der Waals surface area contributed by atoms with E-state index in [4.69, 9.17) is 0 Å². The second kappa shape index (κ2) is 5.08. The van der Waals surface area contributed by atoms with Gasteiger partial charge in [-0.3, -0.25) is 9.48 Å². The summed E-state index contributed by atoms with van der Waals surface area (Å²) in [5.41, 5.74) is 0.134. The molecular formula is C8H12N4O3. The van der Waals surface area contributed by atoms with Gasteiger partial charge in [-0.25, -0.2) is 4.79 Å². The fourth-order valence-electron chi connectivity index (χ4n) is 0.947. The van der Waals surface area contributed by atoms with E-state index in [2.05, 4.69) is 20.4 Å². The maximum Gasteiger partial charge on any atom is 0.360 e. The molecule has 7 heteroatoms. The Morgan fingerprint density at radius 2 is 2.33 bits per heavy atom. The highest BCUT2D eigenvalue weighted by Gasteiger charge is 2.10. The number of rotatable bonds is 4. The molecule has 0 radical (unpaired) electrons. The summed E-state index contributed by atoms with van der Waals surface area (Å²) >= 11 is 0. The standard InChI is InChI=1S/C8H12N4O3/c1-9-7(13)3-4-12-5-6(10-11-12)8(14)15-2/h5H,3-4H2,1-2H3,(H,9,13). The van der Waals surface area contributed by atoms with Crippen LogP contribution in [0.25, 0.3) is 0 Å². The van der Waals surface area contributed by atoms with Crippen LogP contribution in [0, 0.1) is 0 Å². The summed E-state index contributed by atoms with van der Waals surface area (Å²) in [6.45, 7) is 0.379. The van der Waals surface area contributed by atoms with E-state index >= 15 is 0 Å². The topological polar surface area (TPSA) is 86.1 Å². The zero-order chi connectivity index (χ0) is 11.3. The molecule has 0 aliphatic heterocycles. The zero-order valence-electron chi connectivity index (χ0n) is 8.56. The molecule has 0 aromatic carbocycles. The van der Waals surface area contributed by atoms with E-state index in [9.17, 15) is 9.59 Å². The number of carbonyl (C=O) groups is 2. The molecule has 15 heavy (non-hydrogen) atoms. The highest BCUT2D eigenvalue weighted by molar-refractivity contribution is 5.86. The largest absolute Gasteiger partial charge is 0.464 e. The van der Waals surface area contributed by atoms with Crippen LogP contribution in [-0.2, 0) is 16.1 Å². The molecule has 1 rings (SSSR count). The maximum absolute atomic E-state index is 11.0. The molecule has 0 saturated carbocycles. The average Bonchev–Trinajstić information content (AvgIpc) is 2.73. The minimum Gasteiger partial charge on any atom is -0.464 e. The fourth-order valence-corrected chi connectivity index (χ4v) is 0.947. The first kappa shape index (κ1) is 11.2. The number of esters is 1. The lowest BCUT2D eigenvalue weighted by Crippen LogP contribution is -2.19. The minimum absolute atomic E-state index is 0.0925. The molecule has 1 aromatic heterocycles. The van der Waals surface area contributed by atoms with Crippen molar-refractivity contribution in [1.29, 1.82) is 0 Å². The summed E-state index contributed by atoms with van der Waals surface area (Å²) in [7, 11) is 2.83. The molecule has 1 N–H and O–H groups in total. The van der Waals surface area contributed by atoms with Crippen LogP contribution in [0.1, 0.15) is 16.9 Å². The molecule has 7 nitrogen and oxygen atoms in total. The number of nitrogens with one attached hydrogen (secondary N) is 1. The lowest BCUT2D eigenvalue weighted by molar-refractivity contribution is -0.120.